The Morgan fingerprint density at radius 2 is 2.06 bits per heavy atom. The van der Waals surface area contributed by atoms with E-state index >= 15 is 0 Å². The lowest BCUT2D eigenvalue weighted by atomic mass is 9.75. The molecule has 0 aromatic carbocycles. The molecule has 0 amide bonds. The summed E-state index contributed by atoms with van der Waals surface area (Å²) in [5.74, 6) is 3.14. The van der Waals surface area contributed by atoms with Crippen LogP contribution in [0.3, 0.4) is 0 Å². The fourth-order valence-corrected chi connectivity index (χ4v) is 2.66. The number of allylic oxidation sites excluding steroid dienone is 2. The average molecular weight is 222 g/mol. The molecule has 0 spiro atoms. The molecule has 1 nitrogen and oxygen atoms in total. The van der Waals surface area contributed by atoms with Gasteiger partial charge in [-0.3, -0.25) is 0 Å². The first kappa shape index (κ1) is 13.3. The van der Waals surface area contributed by atoms with Gasteiger partial charge in [-0.05, 0) is 49.7 Å². The van der Waals surface area contributed by atoms with E-state index in [4.69, 9.17) is 4.74 Å². The highest BCUT2D eigenvalue weighted by atomic mass is 16.5. The normalized spacial score (nSPS) is 31.6. The van der Waals surface area contributed by atoms with Gasteiger partial charge in [0, 0.05) is 0 Å². The maximum atomic E-state index is 6.08. The van der Waals surface area contributed by atoms with Crippen LogP contribution in [-0.4, -0.2) is 6.10 Å². The van der Waals surface area contributed by atoms with Gasteiger partial charge < -0.3 is 4.74 Å². The Balaban J connectivity index is 2.67. The third-order valence-corrected chi connectivity index (χ3v) is 3.73. The summed E-state index contributed by atoms with van der Waals surface area (Å²) in [5, 5.41) is 0. The molecule has 1 aliphatic carbocycles. The monoisotopic (exact) mass is 222 g/mol. The van der Waals surface area contributed by atoms with Gasteiger partial charge in [-0.1, -0.05) is 33.8 Å². The molecule has 0 radical (unpaired) electrons. The van der Waals surface area contributed by atoms with E-state index in [-0.39, 0.29) is 0 Å². The summed E-state index contributed by atoms with van der Waals surface area (Å²) in [5.41, 5.74) is 0. The van der Waals surface area contributed by atoms with Gasteiger partial charge in [-0.2, -0.15) is 0 Å². The van der Waals surface area contributed by atoms with Crippen molar-refractivity contribution in [3.8, 4) is 0 Å². The predicted octanol–water partition coefficient (Wildman–Crippen LogP) is 4.55. The lowest BCUT2D eigenvalue weighted by Gasteiger charge is -2.37. The zero-order chi connectivity index (χ0) is 12.1. The molecular weight excluding hydrogens is 196 g/mol. The van der Waals surface area contributed by atoms with E-state index in [1.807, 2.05) is 19.1 Å². The highest BCUT2D eigenvalue weighted by Gasteiger charge is 2.32. The van der Waals surface area contributed by atoms with E-state index in [1.54, 1.807) is 0 Å². The fraction of sp³-hybridized carbons (Fsp3) is 0.733. The molecule has 0 aromatic heterocycles. The summed E-state index contributed by atoms with van der Waals surface area (Å²) in [6, 6.07) is 0. The molecular formula is C15H26O. The van der Waals surface area contributed by atoms with Gasteiger partial charge >= 0.3 is 0 Å². The Hall–Kier alpha value is -0.720. The molecule has 16 heavy (non-hydrogen) atoms. The van der Waals surface area contributed by atoms with Crippen molar-refractivity contribution in [1.82, 2.24) is 0 Å². The van der Waals surface area contributed by atoms with Gasteiger partial charge in [-0.25, -0.2) is 0 Å². The third-order valence-electron chi connectivity index (χ3n) is 3.73. The fourth-order valence-electron chi connectivity index (χ4n) is 2.66. The highest BCUT2D eigenvalue weighted by molar-refractivity contribution is 5.08. The second kappa shape index (κ2) is 6.12. The maximum absolute atomic E-state index is 6.08. The van der Waals surface area contributed by atoms with Crippen molar-refractivity contribution >= 4 is 0 Å². The second-order valence-corrected chi connectivity index (χ2v) is 5.38. The zero-order valence-electron chi connectivity index (χ0n) is 11.2. The minimum atomic E-state index is 0.382. The van der Waals surface area contributed by atoms with Gasteiger partial charge in [0.05, 0.1) is 0 Å². The lowest BCUT2D eigenvalue weighted by Crippen LogP contribution is -2.34. The highest BCUT2D eigenvalue weighted by Crippen LogP contribution is 2.36. The Bertz CT molecular complexity index is 252. The molecule has 1 fully saturated rings. The first-order valence-corrected chi connectivity index (χ1v) is 6.53. The minimum Gasteiger partial charge on any atom is -0.491 e. The summed E-state index contributed by atoms with van der Waals surface area (Å²) >= 11 is 0. The molecule has 0 aliphatic heterocycles. The number of ether oxygens (including phenoxy) is 1. The quantitative estimate of drug-likeness (QED) is 0.501. The van der Waals surface area contributed by atoms with Crippen molar-refractivity contribution < 1.29 is 4.74 Å². The first-order valence-electron chi connectivity index (χ1n) is 6.53. The van der Waals surface area contributed by atoms with E-state index in [1.165, 1.54) is 19.3 Å². The van der Waals surface area contributed by atoms with Crippen molar-refractivity contribution in [2.45, 2.75) is 53.1 Å². The molecule has 0 saturated heterocycles. The third kappa shape index (κ3) is 3.40. The van der Waals surface area contributed by atoms with E-state index in [9.17, 15) is 0 Å². The molecule has 0 N–H and O–H groups in total. The minimum absolute atomic E-state index is 0.382. The predicted molar refractivity (Wildman–Crippen MR) is 70.2 cm³/mol. The van der Waals surface area contributed by atoms with Crippen molar-refractivity contribution in [2.75, 3.05) is 0 Å². The Kier molecular flexibility index (Phi) is 5.11. The summed E-state index contributed by atoms with van der Waals surface area (Å²) in [4.78, 5) is 0. The van der Waals surface area contributed by atoms with Gasteiger partial charge in [0.15, 0.2) is 0 Å². The molecule has 0 bridgehead atoms. The summed E-state index contributed by atoms with van der Waals surface area (Å²) in [7, 11) is 0. The van der Waals surface area contributed by atoms with E-state index in [0.29, 0.717) is 17.9 Å². The van der Waals surface area contributed by atoms with E-state index < -0.39 is 0 Å². The Morgan fingerprint density at radius 3 is 2.56 bits per heavy atom. The van der Waals surface area contributed by atoms with Gasteiger partial charge in [-0.15, -0.1) is 0 Å². The van der Waals surface area contributed by atoms with Crippen LogP contribution in [0.25, 0.3) is 0 Å². The lowest BCUT2D eigenvalue weighted by molar-refractivity contribution is 0.00336. The standard InChI is InChI=1S/C15H26O/c1-6-13(7-2)16-15-10-12(5)8-9-14(15)11(3)4/h6-7,11-12,14-15H,1,8-10H2,2-5H3/b13-7-/t12-,14+,15-/m1/s1. The van der Waals surface area contributed by atoms with Gasteiger partial charge in [0.25, 0.3) is 0 Å². The average Bonchev–Trinajstić information content (AvgIpc) is 2.25. The SMILES string of the molecule is C=C/C(=C/C)O[C@@H]1C[C@H](C)CC[C@H]1C(C)C. The van der Waals surface area contributed by atoms with Crippen LogP contribution in [0.15, 0.2) is 24.5 Å². The number of hydrogen-bond donors (Lipinski definition) is 0. The molecule has 3 atom stereocenters. The molecule has 0 heterocycles. The largest absolute Gasteiger partial charge is 0.491 e. The van der Waals surface area contributed by atoms with Crippen LogP contribution in [0.4, 0.5) is 0 Å². The Labute approximate surface area is 101 Å². The van der Waals surface area contributed by atoms with Crippen LogP contribution in [0.5, 0.6) is 0 Å². The smallest absolute Gasteiger partial charge is 0.114 e. The maximum Gasteiger partial charge on any atom is 0.114 e. The van der Waals surface area contributed by atoms with Gasteiger partial charge in [0.1, 0.15) is 11.9 Å². The van der Waals surface area contributed by atoms with E-state index in [0.717, 1.165) is 11.7 Å². The molecule has 1 heteroatoms. The van der Waals surface area contributed by atoms with Crippen LogP contribution in [0.1, 0.15) is 47.0 Å². The molecule has 1 rings (SSSR count). The summed E-state index contributed by atoms with van der Waals surface area (Å²) in [6.45, 7) is 12.7. The van der Waals surface area contributed by atoms with Crippen LogP contribution in [0.2, 0.25) is 0 Å². The van der Waals surface area contributed by atoms with Crippen LogP contribution in [-0.2, 0) is 4.74 Å². The van der Waals surface area contributed by atoms with Crippen LogP contribution in [0, 0.1) is 17.8 Å². The Morgan fingerprint density at radius 1 is 1.38 bits per heavy atom. The zero-order valence-corrected chi connectivity index (χ0v) is 11.2. The first-order chi connectivity index (χ1) is 7.58. The summed E-state index contributed by atoms with van der Waals surface area (Å²) < 4.78 is 6.08. The molecule has 0 aromatic rings. The van der Waals surface area contributed by atoms with Crippen molar-refractivity contribution in [1.29, 1.82) is 0 Å². The number of hydrogen-bond acceptors (Lipinski definition) is 1. The van der Waals surface area contributed by atoms with Gasteiger partial charge in [0.2, 0.25) is 0 Å². The van der Waals surface area contributed by atoms with Crippen molar-refractivity contribution in [3.05, 3.63) is 24.5 Å². The van der Waals surface area contributed by atoms with Crippen molar-refractivity contribution in [2.24, 2.45) is 17.8 Å². The molecule has 1 saturated carbocycles. The number of rotatable bonds is 4. The van der Waals surface area contributed by atoms with Crippen molar-refractivity contribution in [3.63, 3.8) is 0 Å². The van der Waals surface area contributed by atoms with E-state index in [2.05, 4.69) is 27.4 Å². The summed E-state index contributed by atoms with van der Waals surface area (Å²) in [6.07, 6.45) is 8.04. The molecule has 92 valence electrons. The molecule has 1 aliphatic rings. The molecule has 0 unspecified atom stereocenters. The second-order valence-electron chi connectivity index (χ2n) is 5.38. The van der Waals surface area contributed by atoms with Crippen LogP contribution < -0.4 is 0 Å². The topological polar surface area (TPSA) is 9.23 Å². The van der Waals surface area contributed by atoms with Crippen LogP contribution >= 0.6 is 0 Å².